The van der Waals surface area contributed by atoms with E-state index in [1.165, 1.54) is 18.2 Å². The van der Waals surface area contributed by atoms with Gasteiger partial charge in [0.1, 0.15) is 11.6 Å². The van der Waals surface area contributed by atoms with Crippen molar-refractivity contribution in [3.05, 3.63) is 60.7 Å². The molecule has 8 heteroatoms. The molecule has 5 nitrogen and oxygen atoms in total. The van der Waals surface area contributed by atoms with E-state index in [9.17, 15) is 13.2 Å². The normalized spacial score (nSPS) is 11.7. The fourth-order valence-electron chi connectivity index (χ4n) is 2.40. The summed E-state index contributed by atoms with van der Waals surface area (Å²) >= 11 is 0. The standard InChI is InChI=1S/C16H15F3N4O/c1-2-15-20-6-7-22(15)9-12-10-23(11-21-12)13-4-3-5-14(8-13)24-16(17,18)19/h3-8,10-11H,2,9H2,1H3. The van der Waals surface area contributed by atoms with Crippen LogP contribution in [0.5, 0.6) is 5.75 Å². The molecule has 0 aliphatic rings. The summed E-state index contributed by atoms with van der Waals surface area (Å²) in [6.07, 6.45) is 3.03. The highest BCUT2D eigenvalue weighted by Crippen LogP contribution is 2.24. The molecule has 0 unspecified atom stereocenters. The molecule has 0 saturated heterocycles. The lowest BCUT2D eigenvalue weighted by atomic mass is 10.3. The molecule has 2 aromatic heterocycles. The van der Waals surface area contributed by atoms with E-state index in [0.29, 0.717) is 12.2 Å². The zero-order chi connectivity index (χ0) is 17.2. The van der Waals surface area contributed by atoms with Crippen LogP contribution in [0.2, 0.25) is 0 Å². The first kappa shape index (κ1) is 16.1. The van der Waals surface area contributed by atoms with Crippen LogP contribution in [-0.2, 0) is 13.0 Å². The Bertz CT molecular complexity index is 823. The molecule has 0 fully saturated rings. The van der Waals surface area contributed by atoms with E-state index in [-0.39, 0.29) is 5.75 Å². The van der Waals surface area contributed by atoms with Crippen LogP contribution in [0.1, 0.15) is 18.4 Å². The summed E-state index contributed by atoms with van der Waals surface area (Å²) in [6.45, 7) is 2.57. The Morgan fingerprint density at radius 1 is 1.21 bits per heavy atom. The zero-order valence-corrected chi connectivity index (χ0v) is 12.9. The first-order valence-corrected chi connectivity index (χ1v) is 7.33. The monoisotopic (exact) mass is 336 g/mol. The van der Waals surface area contributed by atoms with Gasteiger partial charge in [-0.25, -0.2) is 9.97 Å². The Kier molecular flexibility index (Phi) is 4.28. The first-order valence-electron chi connectivity index (χ1n) is 7.33. The van der Waals surface area contributed by atoms with Gasteiger partial charge in [-0.2, -0.15) is 0 Å². The van der Waals surface area contributed by atoms with Gasteiger partial charge in [-0.15, -0.1) is 13.2 Å². The molecular weight excluding hydrogens is 321 g/mol. The molecule has 0 radical (unpaired) electrons. The van der Waals surface area contributed by atoms with Gasteiger partial charge in [-0.3, -0.25) is 0 Å². The lowest BCUT2D eigenvalue weighted by Crippen LogP contribution is -2.17. The third-order valence-corrected chi connectivity index (χ3v) is 3.44. The number of hydrogen-bond donors (Lipinski definition) is 0. The fourth-order valence-corrected chi connectivity index (χ4v) is 2.40. The number of benzene rings is 1. The van der Waals surface area contributed by atoms with Gasteiger partial charge in [0.05, 0.1) is 24.3 Å². The predicted octanol–water partition coefficient (Wildman–Crippen LogP) is 3.58. The van der Waals surface area contributed by atoms with E-state index in [4.69, 9.17) is 0 Å². The summed E-state index contributed by atoms with van der Waals surface area (Å²) in [6, 6.07) is 5.76. The number of rotatable bonds is 5. The van der Waals surface area contributed by atoms with Crippen LogP contribution in [0.25, 0.3) is 5.69 Å². The van der Waals surface area contributed by atoms with E-state index >= 15 is 0 Å². The second-order valence-electron chi connectivity index (χ2n) is 5.14. The molecule has 0 aliphatic heterocycles. The van der Waals surface area contributed by atoms with E-state index in [2.05, 4.69) is 14.7 Å². The van der Waals surface area contributed by atoms with Gasteiger partial charge in [0.15, 0.2) is 0 Å². The second-order valence-corrected chi connectivity index (χ2v) is 5.14. The maximum Gasteiger partial charge on any atom is 0.573 e. The number of aryl methyl sites for hydroxylation is 1. The minimum Gasteiger partial charge on any atom is -0.406 e. The average molecular weight is 336 g/mol. The van der Waals surface area contributed by atoms with Crippen LogP contribution in [0, 0.1) is 0 Å². The molecule has 0 N–H and O–H groups in total. The third-order valence-electron chi connectivity index (χ3n) is 3.44. The maximum absolute atomic E-state index is 12.3. The summed E-state index contributed by atoms with van der Waals surface area (Å²) < 4.78 is 44.5. The molecule has 0 bridgehead atoms. The van der Waals surface area contributed by atoms with Gasteiger partial charge in [-0.1, -0.05) is 13.0 Å². The summed E-state index contributed by atoms with van der Waals surface area (Å²) in [7, 11) is 0. The fraction of sp³-hybridized carbons (Fsp3) is 0.250. The van der Waals surface area contributed by atoms with Crippen LogP contribution in [-0.4, -0.2) is 25.5 Å². The summed E-state index contributed by atoms with van der Waals surface area (Å²) in [4.78, 5) is 8.55. The molecule has 0 spiro atoms. The third kappa shape index (κ3) is 3.76. The van der Waals surface area contributed by atoms with Gasteiger partial charge in [0, 0.05) is 31.1 Å². The zero-order valence-electron chi connectivity index (χ0n) is 12.9. The van der Waals surface area contributed by atoms with Crippen molar-refractivity contribution < 1.29 is 17.9 Å². The van der Waals surface area contributed by atoms with Crippen molar-refractivity contribution in [2.45, 2.75) is 26.3 Å². The van der Waals surface area contributed by atoms with Gasteiger partial charge < -0.3 is 13.9 Å². The Hall–Kier alpha value is -2.77. The molecule has 1 aromatic carbocycles. The molecule has 0 amide bonds. The van der Waals surface area contributed by atoms with Crippen molar-refractivity contribution in [2.24, 2.45) is 0 Å². The number of hydrogen-bond acceptors (Lipinski definition) is 3. The van der Waals surface area contributed by atoms with Crippen molar-refractivity contribution in [1.29, 1.82) is 0 Å². The van der Waals surface area contributed by atoms with Crippen molar-refractivity contribution in [2.75, 3.05) is 0 Å². The highest BCUT2D eigenvalue weighted by atomic mass is 19.4. The molecule has 24 heavy (non-hydrogen) atoms. The van der Waals surface area contributed by atoms with E-state index in [0.717, 1.165) is 17.9 Å². The van der Waals surface area contributed by atoms with E-state index in [1.807, 2.05) is 17.7 Å². The largest absolute Gasteiger partial charge is 0.573 e. The Morgan fingerprint density at radius 3 is 2.79 bits per heavy atom. The lowest BCUT2D eigenvalue weighted by Gasteiger charge is -2.10. The van der Waals surface area contributed by atoms with Gasteiger partial charge in [0.25, 0.3) is 0 Å². The summed E-state index contributed by atoms with van der Waals surface area (Å²) in [5, 5.41) is 0. The van der Waals surface area contributed by atoms with Crippen LogP contribution in [0.4, 0.5) is 13.2 Å². The maximum atomic E-state index is 12.3. The molecule has 2 heterocycles. The Morgan fingerprint density at radius 2 is 2.04 bits per heavy atom. The van der Waals surface area contributed by atoms with Crippen molar-refractivity contribution in [1.82, 2.24) is 19.1 Å². The van der Waals surface area contributed by atoms with Crippen molar-refractivity contribution in [3.8, 4) is 11.4 Å². The first-order chi connectivity index (χ1) is 11.4. The molecule has 3 aromatic rings. The van der Waals surface area contributed by atoms with Gasteiger partial charge in [-0.05, 0) is 12.1 Å². The van der Waals surface area contributed by atoms with Crippen molar-refractivity contribution in [3.63, 3.8) is 0 Å². The van der Waals surface area contributed by atoms with E-state index < -0.39 is 6.36 Å². The number of aromatic nitrogens is 4. The molecule has 3 rings (SSSR count). The molecule has 0 atom stereocenters. The SMILES string of the molecule is CCc1nccn1Cc1cn(-c2cccc(OC(F)(F)F)c2)cn1. The molecule has 0 aliphatic carbocycles. The van der Waals surface area contributed by atoms with Crippen LogP contribution >= 0.6 is 0 Å². The lowest BCUT2D eigenvalue weighted by molar-refractivity contribution is -0.274. The Labute approximate surface area is 136 Å². The number of nitrogens with zero attached hydrogens (tertiary/aromatic N) is 4. The van der Waals surface area contributed by atoms with Crippen LogP contribution < -0.4 is 4.74 Å². The van der Waals surface area contributed by atoms with Gasteiger partial charge in [0.2, 0.25) is 0 Å². The highest BCUT2D eigenvalue weighted by molar-refractivity contribution is 5.39. The quantitative estimate of drug-likeness (QED) is 0.715. The molecule has 126 valence electrons. The molecular formula is C16H15F3N4O. The smallest absolute Gasteiger partial charge is 0.406 e. The predicted molar refractivity (Wildman–Crippen MR) is 81.0 cm³/mol. The van der Waals surface area contributed by atoms with Gasteiger partial charge >= 0.3 is 6.36 Å². The number of alkyl halides is 3. The summed E-state index contributed by atoms with van der Waals surface area (Å²) in [5.74, 6) is 0.684. The summed E-state index contributed by atoms with van der Waals surface area (Å²) in [5.41, 5.74) is 1.32. The number of ether oxygens (including phenoxy) is 1. The second kappa shape index (κ2) is 6.38. The number of halogens is 3. The molecule has 0 saturated carbocycles. The highest BCUT2D eigenvalue weighted by Gasteiger charge is 2.31. The van der Waals surface area contributed by atoms with Crippen LogP contribution in [0.15, 0.2) is 49.2 Å². The van der Waals surface area contributed by atoms with Crippen LogP contribution in [0.3, 0.4) is 0 Å². The minimum absolute atomic E-state index is 0.266. The number of imidazole rings is 2. The minimum atomic E-state index is -4.71. The Balaban J connectivity index is 1.79. The average Bonchev–Trinajstić information content (AvgIpc) is 3.15. The van der Waals surface area contributed by atoms with E-state index in [1.54, 1.807) is 29.4 Å². The topological polar surface area (TPSA) is 44.9 Å². The van der Waals surface area contributed by atoms with Crippen molar-refractivity contribution >= 4 is 0 Å².